The van der Waals surface area contributed by atoms with E-state index in [0.29, 0.717) is 10.9 Å². The summed E-state index contributed by atoms with van der Waals surface area (Å²) in [6.45, 7) is 0. The molecule has 0 bridgehead atoms. The van der Waals surface area contributed by atoms with E-state index >= 15 is 0 Å². The van der Waals surface area contributed by atoms with E-state index in [1.807, 2.05) is 0 Å². The van der Waals surface area contributed by atoms with E-state index in [2.05, 4.69) is 4.98 Å². The molecule has 0 atom stereocenters. The van der Waals surface area contributed by atoms with Crippen molar-refractivity contribution in [3.05, 3.63) is 34.7 Å². The Kier molecular flexibility index (Phi) is 2.07. The van der Waals surface area contributed by atoms with Crippen LogP contribution in [0, 0.1) is 0 Å². The van der Waals surface area contributed by atoms with Gasteiger partial charge in [-0.25, -0.2) is 14.5 Å². The van der Waals surface area contributed by atoms with Gasteiger partial charge in [-0.3, -0.25) is 0 Å². The molecule has 0 aliphatic rings. The van der Waals surface area contributed by atoms with Gasteiger partial charge in [0.2, 0.25) is 0 Å². The first-order valence-corrected chi connectivity index (χ1v) is 4.47. The van der Waals surface area contributed by atoms with E-state index < -0.39 is 11.6 Å². The van der Waals surface area contributed by atoms with Crippen molar-refractivity contribution in [2.24, 2.45) is 0 Å². The number of hydrogen-bond acceptors (Lipinski definition) is 4. The highest BCUT2D eigenvalue weighted by molar-refractivity contribution is 5.83. The molecular weight excluding hydrogens is 194 g/mol. The summed E-state index contributed by atoms with van der Waals surface area (Å²) in [5.74, 6) is -0.478. The van der Waals surface area contributed by atoms with E-state index in [1.54, 1.807) is 43.4 Å². The van der Waals surface area contributed by atoms with E-state index in [9.17, 15) is 9.90 Å². The Morgan fingerprint density at radius 2 is 2.00 bits per heavy atom. The Morgan fingerprint density at radius 1 is 1.33 bits per heavy atom. The molecule has 0 radical (unpaired) electrons. The van der Waals surface area contributed by atoms with Gasteiger partial charge in [0.05, 0.1) is 5.52 Å². The summed E-state index contributed by atoms with van der Waals surface area (Å²) in [7, 11) is 3.44. The van der Waals surface area contributed by atoms with Gasteiger partial charge in [-0.05, 0) is 6.07 Å². The third kappa shape index (κ3) is 1.41. The van der Waals surface area contributed by atoms with E-state index in [0.717, 1.165) is 0 Å². The maximum absolute atomic E-state index is 11.5. The first-order valence-electron chi connectivity index (χ1n) is 4.47. The zero-order valence-electron chi connectivity index (χ0n) is 8.47. The Hall–Kier alpha value is -2.04. The van der Waals surface area contributed by atoms with Gasteiger partial charge in [0.25, 0.3) is 0 Å². The molecule has 0 fully saturated rings. The minimum atomic E-state index is -0.552. The highest BCUT2D eigenvalue weighted by atomic mass is 16.3. The standard InChI is InChI=1S/C10H11N3O2/c1-12(2)13-8-6-4-3-5-7(8)9(14)11-10(13)15/h3-6H,1-2H3,(H,11,14,15)/p-1. The van der Waals surface area contributed by atoms with Gasteiger partial charge < -0.3 is 10.1 Å². The second-order valence-electron chi connectivity index (χ2n) is 3.38. The first-order chi connectivity index (χ1) is 7.11. The van der Waals surface area contributed by atoms with Crippen LogP contribution in [0.2, 0.25) is 0 Å². The number of benzene rings is 1. The summed E-state index contributed by atoms with van der Waals surface area (Å²) in [5.41, 5.74) is 0.0243. The summed E-state index contributed by atoms with van der Waals surface area (Å²) >= 11 is 0. The van der Waals surface area contributed by atoms with Gasteiger partial charge in [-0.1, -0.05) is 18.2 Å². The molecule has 0 saturated carbocycles. The molecule has 0 N–H and O–H groups in total. The summed E-state index contributed by atoms with van der Waals surface area (Å²) in [6.07, 6.45) is 0. The number of fused-ring (bicyclic) bond motifs is 1. The molecule has 1 aromatic heterocycles. The fraction of sp³-hybridized carbons (Fsp3) is 0.200. The molecule has 0 amide bonds. The van der Waals surface area contributed by atoms with Crippen LogP contribution in [-0.2, 0) is 0 Å². The normalized spacial score (nSPS) is 10.5. The molecule has 0 aliphatic carbocycles. The lowest BCUT2D eigenvalue weighted by Crippen LogP contribution is -2.38. The quantitative estimate of drug-likeness (QED) is 0.638. The minimum Gasteiger partial charge on any atom is -0.858 e. The average Bonchev–Trinajstić information content (AvgIpc) is 2.17. The lowest BCUT2D eigenvalue weighted by molar-refractivity contribution is -0.272. The van der Waals surface area contributed by atoms with Gasteiger partial charge in [0.1, 0.15) is 0 Å². The van der Waals surface area contributed by atoms with Crippen molar-refractivity contribution < 1.29 is 5.11 Å². The van der Waals surface area contributed by atoms with Crippen molar-refractivity contribution in [2.75, 3.05) is 19.1 Å². The van der Waals surface area contributed by atoms with Crippen molar-refractivity contribution in [3.63, 3.8) is 0 Å². The van der Waals surface area contributed by atoms with Crippen molar-refractivity contribution >= 4 is 10.9 Å². The number of nitrogens with zero attached hydrogens (tertiary/aromatic N) is 3. The van der Waals surface area contributed by atoms with Crippen LogP contribution in [0.1, 0.15) is 0 Å². The van der Waals surface area contributed by atoms with Gasteiger partial charge in [-0.15, -0.1) is 0 Å². The number of aromatic nitrogens is 2. The fourth-order valence-corrected chi connectivity index (χ4v) is 1.52. The zero-order chi connectivity index (χ0) is 11.0. The summed E-state index contributed by atoms with van der Waals surface area (Å²) in [4.78, 5) is 14.9. The SMILES string of the molecule is CN(C)n1c(=O)nc([O-])c2ccccc21. The molecule has 0 aliphatic heterocycles. The Balaban J connectivity index is 2.96. The molecule has 15 heavy (non-hydrogen) atoms. The summed E-state index contributed by atoms with van der Waals surface area (Å²) in [5, 5.41) is 13.5. The summed E-state index contributed by atoms with van der Waals surface area (Å²) < 4.78 is 1.36. The zero-order valence-corrected chi connectivity index (χ0v) is 8.47. The van der Waals surface area contributed by atoms with E-state index in [-0.39, 0.29) is 0 Å². The predicted molar refractivity (Wildman–Crippen MR) is 55.5 cm³/mol. The van der Waals surface area contributed by atoms with Crippen LogP contribution < -0.4 is 15.8 Å². The molecule has 0 saturated heterocycles. The largest absolute Gasteiger partial charge is 0.858 e. The van der Waals surface area contributed by atoms with Gasteiger partial charge in [0.15, 0.2) is 0 Å². The van der Waals surface area contributed by atoms with Crippen LogP contribution in [0.4, 0.5) is 0 Å². The van der Waals surface area contributed by atoms with Crippen molar-refractivity contribution in [3.8, 4) is 5.88 Å². The van der Waals surface area contributed by atoms with Gasteiger partial charge in [-0.2, -0.15) is 0 Å². The molecule has 2 aromatic rings. The third-order valence-corrected chi connectivity index (χ3v) is 2.14. The lowest BCUT2D eigenvalue weighted by atomic mass is 10.2. The fourth-order valence-electron chi connectivity index (χ4n) is 1.52. The average molecular weight is 204 g/mol. The van der Waals surface area contributed by atoms with Crippen LogP contribution in [0.5, 0.6) is 5.88 Å². The third-order valence-electron chi connectivity index (χ3n) is 2.14. The summed E-state index contributed by atoms with van der Waals surface area (Å²) in [6, 6.07) is 6.90. The Labute approximate surface area is 86.2 Å². The topological polar surface area (TPSA) is 61.2 Å². The molecule has 0 unspecified atom stereocenters. The highest BCUT2D eigenvalue weighted by Crippen LogP contribution is 2.16. The first kappa shape index (κ1) is 9.51. The maximum atomic E-state index is 11.5. The van der Waals surface area contributed by atoms with Crippen LogP contribution in [0.15, 0.2) is 29.1 Å². The molecule has 0 spiro atoms. The second kappa shape index (κ2) is 3.27. The van der Waals surface area contributed by atoms with Crippen LogP contribution in [0.25, 0.3) is 10.9 Å². The van der Waals surface area contributed by atoms with Crippen molar-refractivity contribution in [1.29, 1.82) is 0 Å². The predicted octanol–water partition coefficient (Wildman–Crippen LogP) is -0.332. The molecule has 5 nitrogen and oxygen atoms in total. The number of hydrogen-bond donors (Lipinski definition) is 0. The molecule has 1 heterocycles. The Morgan fingerprint density at radius 3 is 2.67 bits per heavy atom. The molecule has 1 aromatic carbocycles. The molecule has 5 heteroatoms. The van der Waals surface area contributed by atoms with Crippen LogP contribution in [0.3, 0.4) is 0 Å². The number of rotatable bonds is 1. The molecule has 78 valence electrons. The highest BCUT2D eigenvalue weighted by Gasteiger charge is 2.05. The smallest absolute Gasteiger partial charge is 0.366 e. The monoisotopic (exact) mass is 204 g/mol. The van der Waals surface area contributed by atoms with Crippen LogP contribution in [-0.4, -0.2) is 23.8 Å². The van der Waals surface area contributed by atoms with Gasteiger partial charge >= 0.3 is 5.69 Å². The van der Waals surface area contributed by atoms with Gasteiger partial charge in [0, 0.05) is 25.4 Å². The van der Waals surface area contributed by atoms with Crippen LogP contribution >= 0.6 is 0 Å². The lowest BCUT2D eigenvalue weighted by Gasteiger charge is -2.20. The number of para-hydroxylation sites is 1. The van der Waals surface area contributed by atoms with E-state index in [1.165, 1.54) is 4.68 Å². The van der Waals surface area contributed by atoms with Crippen molar-refractivity contribution in [1.82, 2.24) is 9.66 Å². The molecular formula is C10H10N3O2-. The minimum absolute atomic E-state index is 0.450. The Bertz CT molecular complexity index is 560. The second-order valence-corrected chi connectivity index (χ2v) is 3.38. The maximum Gasteiger partial charge on any atom is 0.366 e. The molecule has 2 rings (SSSR count). The van der Waals surface area contributed by atoms with Crippen molar-refractivity contribution in [2.45, 2.75) is 0 Å². The van der Waals surface area contributed by atoms with E-state index in [4.69, 9.17) is 0 Å².